The van der Waals surface area contributed by atoms with Gasteiger partial charge in [0.2, 0.25) is 0 Å². The number of hydrogen-bond acceptors (Lipinski definition) is 5. The second kappa shape index (κ2) is 3.37. The molecular weight excluding hydrogens is 184 g/mol. The summed E-state index contributed by atoms with van der Waals surface area (Å²) in [5.41, 5.74) is 1.95. The molecule has 0 amide bonds. The van der Waals surface area contributed by atoms with Crippen LogP contribution < -0.4 is 4.74 Å². The molecule has 1 N–H and O–H groups in total. The minimum absolute atomic E-state index is 0.565. The summed E-state index contributed by atoms with van der Waals surface area (Å²) < 4.78 is 10.2. The first-order chi connectivity index (χ1) is 6.85. The van der Waals surface area contributed by atoms with Gasteiger partial charge < -0.3 is 14.4 Å². The fourth-order valence-corrected chi connectivity index (χ4v) is 1.25. The summed E-state index contributed by atoms with van der Waals surface area (Å²) in [6.07, 6.45) is 2.64. The van der Waals surface area contributed by atoms with Crippen molar-refractivity contribution < 1.29 is 14.4 Å². The van der Waals surface area contributed by atoms with Crippen molar-refractivity contribution in [2.45, 2.75) is 0 Å². The molecule has 0 saturated heterocycles. The Bertz CT molecular complexity index is 476. The molecule has 1 aromatic carbocycles. The molecule has 72 valence electrons. The van der Waals surface area contributed by atoms with E-state index in [0.717, 1.165) is 0 Å². The Labute approximate surface area is 79.6 Å². The van der Waals surface area contributed by atoms with Crippen molar-refractivity contribution in [3.05, 3.63) is 24.1 Å². The number of rotatable bonds is 2. The van der Waals surface area contributed by atoms with Gasteiger partial charge in [0, 0.05) is 5.56 Å². The normalized spacial score (nSPS) is 11.2. The third kappa shape index (κ3) is 1.28. The Morgan fingerprint density at radius 1 is 1.57 bits per heavy atom. The van der Waals surface area contributed by atoms with Crippen LogP contribution in [0.5, 0.6) is 5.75 Å². The molecule has 0 fully saturated rings. The van der Waals surface area contributed by atoms with Gasteiger partial charge in [-0.05, 0) is 12.1 Å². The molecule has 2 aromatic rings. The van der Waals surface area contributed by atoms with Crippen molar-refractivity contribution in [3.63, 3.8) is 0 Å². The molecule has 5 nitrogen and oxygen atoms in total. The lowest BCUT2D eigenvalue weighted by Gasteiger charge is -2.00. The fourth-order valence-electron chi connectivity index (χ4n) is 1.25. The highest BCUT2D eigenvalue weighted by molar-refractivity contribution is 5.89. The van der Waals surface area contributed by atoms with Crippen LogP contribution in [-0.2, 0) is 0 Å². The van der Waals surface area contributed by atoms with E-state index in [4.69, 9.17) is 14.4 Å². The van der Waals surface area contributed by atoms with Crippen molar-refractivity contribution >= 4 is 17.3 Å². The lowest BCUT2D eigenvalue weighted by molar-refractivity contribution is 0.322. The van der Waals surface area contributed by atoms with Crippen LogP contribution in [0.15, 0.2) is 28.1 Å². The number of hydrogen-bond donors (Lipinski definition) is 1. The molecular formula is C9H8N2O3. The fraction of sp³-hybridized carbons (Fsp3) is 0.111. The first-order valence-corrected chi connectivity index (χ1v) is 3.94. The summed E-state index contributed by atoms with van der Waals surface area (Å²) in [7, 11) is 1.54. The second-order valence-electron chi connectivity index (χ2n) is 2.67. The van der Waals surface area contributed by atoms with Crippen LogP contribution in [0.4, 0.5) is 0 Å². The summed E-state index contributed by atoms with van der Waals surface area (Å²) >= 11 is 0. The molecule has 0 atom stereocenters. The maximum Gasteiger partial charge on any atom is 0.196 e. The highest BCUT2D eigenvalue weighted by Crippen LogP contribution is 2.25. The number of nitrogens with zero attached hydrogens (tertiary/aromatic N) is 2. The topological polar surface area (TPSA) is 67.8 Å². The van der Waals surface area contributed by atoms with Gasteiger partial charge in [0.1, 0.15) is 5.52 Å². The van der Waals surface area contributed by atoms with Crippen molar-refractivity contribution in [1.82, 2.24) is 4.98 Å². The summed E-state index contributed by atoms with van der Waals surface area (Å²) in [6, 6.07) is 3.44. The maximum atomic E-state index is 8.39. The third-order valence-corrected chi connectivity index (χ3v) is 1.85. The molecule has 0 unspecified atom stereocenters. The van der Waals surface area contributed by atoms with Gasteiger partial charge in [0.05, 0.1) is 13.3 Å². The minimum Gasteiger partial charge on any atom is -0.493 e. The molecule has 0 aliphatic heterocycles. The number of aromatic nitrogens is 1. The molecule has 1 aromatic heterocycles. The number of ether oxygens (including phenoxy) is 1. The summed E-state index contributed by atoms with van der Waals surface area (Å²) in [4.78, 5) is 3.98. The number of fused-ring (bicyclic) bond motifs is 1. The molecule has 0 bridgehead atoms. The molecule has 0 aliphatic rings. The van der Waals surface area contributed by atoms with Crippen LogP contribution in [0, 0.1) is 0 Å². The first-order valence-electron chi connectivity index (χ1n) is 3.94. The maximum absolute atomic E-state index is 8.39. The van der Waals surface area contributed by atoms with Gasteiger partial charge in [-0.15, -0.1) is 0 Å². The van der Waals surface area contributed by atoms with Crippen molar-refractivity contribution in [3.8, 4) is 5.75 Å². The largest absolute Gasteiger partial charge is 0.493 e. The zero-order chi connectivity index (χ0) is 9.97. The molecule has 0 aliphatic carbocycles. The van der Waals surface area contributed by atoms with E-state index < -0.39 is 0 Å². The number of oxime groups is 1. The van der Waals surface area contributed by atoms with Gasteiger partial charge in [-0.2, -0.15) is 0 Å². The van der Waals surface area contributed by atoms with Crippen molar-refractivity contribution in [1.29, 1.82) is 0 Å². The standard InChI is InChI=1S/C9H8N2O3/c1-13-8-3-6(4-11-12)2-7-9(8)14-5-10-7/h2-5,12H,1H3/b11-4+. The Hall–Kier alpha value is -2.04. The lowest BCUT2D eigenvalue weighted by atomic mass is 10.2. The van der Waals surface area contributed by atoms with Gasteiger partial charge in [0.25, 0.3) is 0 Å². The van der Waals surface area contributed by atoms with E-state index in [0.29, 0.717) is 22.4 Å². The van der Waals surface area contributed by atoms with Crippen molar-refractivity contribution in [2.24, 2.45) is 5.16 Å². The van der Waals surface area contributed by atoms with Gasteiger partial charge in [-0.1, -0.05) is 5.16 Å². The third-order valence-electron chi connectivity index (χ3n) is 1.85. The Morgan fingerprint density at radius 2 is 2.43 bits per heavy atom. The van der Waals surface area contributed by atoms with E-state index in [-0.39, 0.29) is 0 Å². The first kappa shape index (κ1) is 8.55. The zero-order valence-electron chi connectivity index (χ0n) is 7.47. The molecule has 14 heavy (non-hydrogen) atoms. The second-order valence-corrected chi connectivity index (χ2v) is 2.67. The predicted octanol–water partition coefficient (Wildman–Crippen LogP) is 1.64. The Morgan fingerprint density at radius 3 is 3.14 bits per heavy atom. The summed E-state index contributed by atoms with van der Waals surface area (Å²) in [5, 5.41) is 11.3. The van der Waals surface area contributed by atoms with E-state index in [9.17, 15) is 0 Å². The van der Waals surface area contributed by atoms with Crippen LogP contribution >= 0.6 is 0 Å². The van der Waals surface area contributed by atoms with Crippen molar-refractivity contribution in [2.75, 3.05) is 7.11 Å². The molecule has 0 saturated carbocycles. The van der Waals surface area contributed by atoms with Crippen LogP contribution in [-0.4, -0.2) is 23.5 Å². The van der Waals surface area contributed by atoms with E-state index in [2.05, 4.69) is 10.1 Å². The predicted molar refractivity (Wildman–Crippen MR) is 49.9 cm³/mol. The SMILES string of the molecule is COc1cc(/C=N/O)cc2ncoc12. The van der Waals surface area contributed by atoms with E-state index in [1.54, 1.807) is 12.1 Å². The van der Waals surface area contributed by atoms with Gasteiger partial charge >= 0.3 is 0 Å². The average Bonchev–Trinajstić information content (AvgIpc) is 2.65. The van der Waals surface area contributed by atoms with Crippen LogP contribution in [0.25, 0.3) is 11.1 Å². The smallest absolute Gasteiger partial charge is 0.196 e. The highest BCUT2D eigenvalue weighted by atomic mass is 16.5. The van der Waals surface area contributed by atoms with Gasteiger partial charge in [-0.25, -0.2) is 4.98 Å². The number of oxazole rings is 1. The molecule has 5 heteroatoms. The number of methoxy groups -OCH3 is 1. The van der Waals surface area contributed by atoms with E-state index in [1.807, 2.05) is 0 Å². The van der Waals surface area contributed by atoms with Gasteiger partial charge in [-0.3, -0.25) is 0 Å². The minimum atomic E-state index is 0.565. The molecule has 1 heterocycles. The van der Waals surface area contributed by atoms with Crippen LogP contribution in [0.1, 0.15) is 5.56 Å². The molecule has 0 radical (unpaired) electrons. The zero-order valence-corrected chi connectivity index (χ0v) is 7.47. The average molecular weight is 192 g/mol. The van der Waals surface area contributed by atoms with Crippen LogP contribution in [0.2, 0.25) is 0 Å². The monoisotopic (exact) mass is 192 g/mol. The summed E-state index contributed by atoms with van der Waals surface area (Å²) in [5.74, 6) is 0.565. The van der Waals surface area contributed by atoms with Crippen LogP contribution in [0.3, 0.4) is 0 Å². The molecule has 2 rings (SSSR count). The van der Waals surface area contributed by atoms with Gasteiger partial charge in [0.15, 0.2) is 17.7 Å². The van der Waals surface area contributed by atoms with E-state index >= 15 is 0 Å². The Kier molecular flexibility index (Phi) is 2.06. The molecule has 0 spiro atoms. The summed E-state index contributed by atoms with van der Waals surface area (Å²) in [6.45, 7) is 0. The number of benzene rings is 1. The quantitative estimate of drug-likeness (QED) is 0.446. The highest BCUT2D eigenvalue weighted by Gasteiger charge is 2.07. The lowest BCUT2D eigenvalue weighted by Crippen LogP contribution is -1.87. The Balaban J connectivity index is 2.67. The van der Waals surface area contributed by atoms with E-state index in [1.165, 1.54) is 19.7 Å².